The predicted molar refractivity (Wildman–Crippen MR) is 59.4 cm³/mol. The Morgan fingerprint density at radius 2 is 2.25 bits per heavy atom. The molecular weight excluding hydrogens is 207 g/mol. The lowest BCUT2D eigenvalue weighted by Gasteiger charge is -1.95. The predicted octanol–water partition coefficient (Wildman–Crippen LogP) is 1.76. The molecule has 1 N–H and O–H groups in total. The first-order valence-corrected chi connectivity index (χ1v) is 5.10. The summed E-state index contributed by atoms with van der Waals surface area (Å²) < 4.78 is 14.9. The molecule has 0 aliphatic carbocycles. The average molecular weight is 220 g/mol. The number of aryl methyl sites for hydroxylation is 1. The fourth-order valence-electron chi connectivity index (χ4n) is 1.62. The molecule has 0 spiro atoms. The number of aliphatic hydroxyl groups is 1. The van der Waals surface area contributed by atoms with Crippen LogP contribution in [0.4, 0.5) is 4.39 Å². The summed E-state index contributed by atoms with van der Waals surface area (Å²) in [6, 6.07) is 6.32. The van der Waals surface area contributed by atoms with Gasteiger partial charge >= 0.3 is 0 Å². The van der Waals surface area contributed by atoms with Crippen molar-refractivity contribution in [2.75, 3.05) is 6.61 Å². The smallest absolute Gasteiger partial charge is 0.123 e. The molecule has 4 heteroatoms. The Morgan fingerprint density at radius 1 is 1.44 bits per heavy atom. The summed E-state index contributed by atoms with van der Waals surface area (Å²) in [6.45, 7) is 0.0629. The van der Waals surface area contributed by atoms with E-state index in [-0.39, 0.29) is 12.4 Å². The van der Waals surface area contributed by atoms with Gasteiger partial charge in [-0.15, -0.1) is 0 Å². The summed E-state index contributed by atoms with van der Waals surface area (Å²) in [5.41, 5.74) is 1.48. The van der Waals surface area contributed by atoms with Gasteiger partial charge in [0.05, 0.1) is 12.3 Å². The van der Waals surface area contributed by atoms with Crippen LogP contribution >= 0.6 is 0 Å². The van der Waals surface area contributed by atoms with E-state index in [1.165, 1.54) is 12.1 Å². The lowest BCUT2D eigenvalue weighted by Crippen LogP contribution is -1.99. The summed E-state index contributed by atoms with van der Waals surface area (Å²) in [5, 5.41) is 8.85. The Kier molecular flexibility index (Phi) is 3.01. The number of hydrogen-bond donors (Lipinski definition) is 1. The summed E-state index contributed by atoms with van der Waals surface area (Å²) in [5.74, 6) is 0.522. The number of imidazole rings is 1. The molecule has 1 heterocycles. The molecule has 0 amide bonds. The number of benzene rings is 1. The van der Waals surface area contributed by atoms with Crippen LogP contribution in [0.15, 0.2) is 30.5 Å². The Bertz CT molecular complexity index is 494. The van der Waals surface area contributed by atoms with Crippen LogP contribution in [0.5, 0.6) is 0 Å². The van der Waals surface area contributed by atoms with E-state index >= 15 is 0 Å². The molecule has 0 aliphatic rings. The molecule has 0 radical (unpaired) electrons. The monoisotopic (exact) mass is 220 g/mol. The van der Waals surface area contributed by atoms with E-state index in [2.05, 4.69) is 4.98 Å². The second kappa shape index (κ2) is 4.45. The van der Waals surface area contributed by atoms with Gasteiger partial charge in [-0.25, -0.2) is 9.37 Å². The van der Waals surface area contributed by atoms with E-state index in [0.717, 1.165) is 17.1 Å². The zero-order valence-corrected chi connectivity index (χ0v) is 9.02. The Balaban J connectivity index is 2.37. The van der Waals surface area contributed by atoms with Gasteiger partial charge in [-0.3, -0.25) is 0 Å². The van der Waals surface area contributed by atoms with Gasteiger partial charge in [0.15, 0.2) is 0 Å². The topological polar surface area (TPSA) is 38.0 Å². The number of aliphatic hydroxyl groups excluding tert-OH is 1. The van der Waals surface area contributed by atoms with Gasteiger partial charge in [0, 0.05) is 25.2 Å². The van der Waals surface area contributed by atoms with Gasteiger partial charge in [-0.1, -0.05) is 12.1 Å². The van der Waals surface area contributed by atoms with Gasteiger partial charge in [-0.05, 0) is 12.1 Å². The van der Waals surface area contributed by atoms with E-state index in [4.69, 9.17) is 5.11 Å². The van der Waals surface area contributed by atoms with Gasteiger partial charge in [-0.2, -0.15) is 0 Å². The van der Waals surface area contributed by atoms with Crippen LogP contribution in [0.3, 0.4) is 0 Å². The third-order valence-corrected chi connectivity index (χ3v) is 2.43. The standard InChI is InChI=1S/C12H13FN2O/c1-15-8-11(14-12(15)5-6-16)9-3-2-4-10(13)7-9/h2-4,7-8,16H,5-6H2,1H3. The van der Waals surface area contributed by atoms with Gasteiger partial charge < -0.3 is 9.67 Å². The highest BCUT2D eigenvalue weighted by atomic mass is 19.1. The van der Waals surface area contributed by atoms with Crippen LogP contribution in [0.1, 0.15) is 5.82 Å². The van der Waals surface area contributed by atoms with Gasteiger partial charge in [0.25, 0.3) is 0 Å². The SMILES string of the molecule is Cn1cc(-c2cccc(F)c2)nc1CCO. The van der Waals surface area contributed by atoms with Crippen molar-refractivity contribution in [2.45, 2.75) is 6.42 Å². The van der Waals surface area contributed by atoms with Crippen molar-refractivity contribution >= 4 is 0 Å². The summed E-state index contributed by atoms with van der Waals surface area (Å²) in [7, 11) is 1.86. The maximum absolute atomic E-state index is 13.0. The first-order valence-electron chi connectivity index (χ1n) is 5.10. The van der Waals surface area contributed by atoms with Crippen LogP contribution in [0.25, 0.3) is 11.3 Å². The highest BCUT2D eigenvalue weighted by Gasteiger charge is 2.07. The van der Waals surface area contributed by atoms with E-state index in [9.17, 15) is 4.39 Å². The molecule has 0 saturated carbocycles. The molecule has 0 bridgehead atoms. The van der Waals surface area contributed by atoms with Crippen molar-refractivity contribution in [2.24, 2.45) is 7.05 Å². The molecular formula is C12H13FN2O. The summed E-state index contributed by atoms with van der Waals surface area (Å²) >= 11 is 0. The number of aromatic nitrogens is 2. The second-order valence-electron chi connectivity index (χ2n) is 3.64. The molecule has 0 saturated heterocycles. The number of hydrogen-bond acceptors (Lipinski definition) is 2. The quantitative estimate of drug-likeness (QED) is 0.856. The van der Waals surface area contributed by atoms with Crippen molar-refractivity contribution in [1.82, 2.24) is 9.55 Å². The van der Waals surface area contributed by atoms with Gasteiger partial charge in [0.2, 0.25) is 0 Å². The lowest BCUT2D eigenvalue weighted by molar-refractivity contribution is 0.295. The minimum Gasteiger partial charge on any atom is -0.396 e. The molecule has 0 fully saturated rings. The first-order chi connectivity index (χ1) is 7.70. The van der Waals surface area contributed by atoms with Crippen LogP contribution in [-0.4, -0.2) is 21.3 Å². The normalized spacial score (nSPS) is 10.7. The fourth-order valence-corrected chi connectivity index (χ4v) is 1.62. The van der Waals surface area contributed by atoms with Crippen molar-refractivity contribution < 1.29 is 9.50 Å². The van der Waals surface area contributed by atoms with Gasteiger partial charge in [0.1, 0.15) is 11.6 Å². The lowest BCUT2D eigenvalue weighted by atomic mass is 10.2. The number of nitrogens with zero attached hydrogens (tertiary/aromatic N) is 2. The minimum absolute atomic E-state index is 0.0629. The average Bonchev–Trinajstić information content (AvgIpc) is 2.61. The molecule has 2 aromatic rings. The molecule has 16 heavy (non-hydrogen) atoms. The van der Waals surface area contributed by atoms with E-state index in [0.29, 0.717) is 6.42 Å². The van der Waals surface area contributed by atoms with E-state index < -0.39 is 0 Å². The third kappa shape index (κ3) is 2.12. The summed E-state index contributed by atoms with van der Waals surface area (Å²) in [4.78, 5) is 4.35. The molecule has 1 aromatic heterocycles. The second-order valence-corrected chi connectivity index (χ2v) is 3.64. The van der Waals surface area contributed by atoms with Crippen molar-refractivity contribution in [3.05, 3.63) is 42.1 Å². The Hall–Kier alpha value is -1.68. The summed E-state index contributed by atoms with van der Waals surface area (Å²) in [6.07, 6.45) is 2.34. The van der Waals surface area contributed by atoms with Crippen LogP contribution < -0.4 is 0 Å². The van der Waals surface area contributed by atoms with Crippen molar-refractivity contribution in [3.63, 3.8) is 0 Å². The van der Waals surface area contributed by atoms with Crippen molar-refractivity contribution in [1.29, 1.82) is 0 Å². The van der Waals surface area contributed by atoms with Crippen LogP contribution in [0, 0.1) is 5.82 Å². The maximum atomic E-state index is 13.0. The molecule has 84 valence electrons. The fraction of sp³-hybridized carbons (Fsp3) is 0.250. The largest absolute Gasteiger partial charge is 0.396 e. The third-order valence-electron chi connectivity index (χ3n) is 2.43. The van der Waals surface area contributed by atoms with E-state index in [1.54, 1.807) is 6.07 Å². The number of rotatable bonds is 3. The Morgan fingerprint density at radius 3 is 2.94 bits per heavy atom. The zero-order chi connectivity index (χ0) is 11.5. The van der Waals surface area contributed by atoms with Crippen LogP contribution in [-0.2, 0) is 13.5 Å². The molecule has 3 nitrogen and oxygen atoms in total. The Labute approximate surface area is 93.2 Å². The molecule has 0 atom stereocenters. The first kappa shape index (κ1) is 10.8. The van der Waals surface area contributed by atoms with Crippen LogP contribution in [0.2, 0.25) is 0 Å². The molecule has 2 rings (SSSR count). The number of halogens is 1. The molecule has 0 aliphatic heterocycles. The molecule has 0 unspecified atom stereocenters. The maximum Gasteiger partial charge on any atom is 0.123 e. The zero-order valence-electron chi connectivity index (χ0n) is 9.02. The minimum atomic E-state index is -0.271. The van der Waals surface area contributed by atoms with Crippen molar-refractivity contribution in [3.8, 4) is 11.3 Å². The molecule has 1 aromatic carbocycles. The van der Waals surface area contributed by atoms with E-state index in [1.807, 2.05) is 23.9 Å². The highest BCUT2D eigenvalue weighted by Crippen LogP contribution is 2.19. The highest BCUT2D eigenvalue weighted by molar-refractivity contribution is 5.58.